The third-order valence-electron chi connectivity index (χ3n) is 6.49. The molecule has 1 aromatic heterocycles. The highest BCUT2D eigenvalue weighted by molar-refractivity contribution is 5.99. The SMILES string of the molecule is Cc1cc(C)c2c(N=Nc3cccc(-c4cccc(C(=O)O)c4)c3O)c(O)n(-c3cccc(C(F)(F)F)c3)c2c1. The van der Waals surface area contributed by atoms with Gasteiger partial charge in [0.05, 0.1) is 16.6 Å². The summed E-state index contributed by atoms with van der Waals surface area (Å²) in [4.78, 5) is 11.4. The number of aromatic hydroxyl groups is 2. The Balaban J connectivity index is 1.66. The predicted octanol–water partition coefficient (Wildman–Crippen LogP) is 8.46. The van der Waals surface area contributed by atoms with E-state index in [0.717, 1.165) is 17.7 Å². The number of carboxylic acids is 1. The Morgan fingerprint density at radius 2 is 1.60 bits per heavy atom. The Morgan fingerprint density at radius 1 is 0.875 bits per heavy atom. The summed E-state index contributed by atoms with van der Waals surface area (Å²) in [6.07, 6.45) is -4.57. The lowest BCUT2D eigenvalue weighted by atomic mass is 10.0. The van der Waals surface area contributed by atoms with Crippen LogP contribution >= 0.6 is 0 Å². The van der Waals surface area contributed by atoms with Gasteiger partial charge in [-0.3, -0.25) is 4.57 Å². The lowest BCUT2D eigenvalue weighted by Crippen LogP contribution is -2.06. The topological polar surface area (TPSA) is 107 Å². The van der Waals surface area contributed by atoms with Gasteiger partial charge in [-0.2, -0.15) is 13.2 Å². The maximum absolute atomic E-state index is 13.4. The number of hydrogen-bond donors (Lipinski definition) is 3. The number of alkyl halides is 3. The molecular formula is C30H22F3N3O4. The van der Waals surface area contributed by atoms with E-state index in [-0.39, 0.29) is 28.4 Å². The van der Waals surface area contributed by atoms with Crippen molar-refractivity contribution in [1.82, 2.24) is 4.57 Å². The molecule has 0 unspecified atom stereocenters. The molecule has 5 rings (SSSR count). The molecule has 0 fully saturated rings. The number of aryl methyl sites for hydroxylation is 2. The number of aromatic nitrogens is 1. The van der Waals surface area contributed by atoms with Crippen molar-refractivity contribution in [3.8, 4) is 28.4 Å². The van der Waals surface area contributed by atoms with E-state index in [2.05, 4.69) is 10.2 Å². The molecule has 5 aromatic rings. The molecular weight excluding hydrogens is 523 g/mol. The highest BCUT2D eigenvalue weighted by Gasteiger charge is 2.31. The molecule has 0 aliphatic heterocycles. The van der Waals surface area contributed by atoms with E-state index >= 15 is 0 Å². The lowest BCUT2D eigenvalue weighted by molar-refractivity contribution is -0.137. The molecule has 0 aliphatic carbocycles. The zero-order valence-corrected chi connectivity index (χ0v) is 21.2. The number of phenols is 1. The first kappa shape index (κ1) is 26.5. The number of para-hydroxylation sites is 1. The Kier molecular flexibility index (Phi) is 6.54. The zero-order valence-electron chi connectivity index (χ0n) is 21.2. The van der Waals surface area contributed by atoms with Gasteiger partial charge < -0.3 is 15.3 Å². The fourth-order valence-corrected chi connectivity index (χ4v) is 4.71. The van der Waals surface area contributed by atoms with Gasteiger partial charge in [0.25, 0.3) is 0 Å². The maximum Gasteiger partial charge on any atom is 0.416 e. The Bertz CT molecular complexity index is 1820. The van der Waals surface area contributed by atoms with Crippen LogP contribution in [0.1, 0.15) is 27.0 Å². The molecule has 202 valence electrons. The van der Waals surface area contributed by atoms with Crippen molar-refractivity contribution in [2.45, 2.75) is 20.0 Å². The fourth-order valence-electron chi connectivity index (χ4n) is 4.71. The normalized spacial score (nSPS) is 11.9. The number of aromatic carboxylic acids is 1. The number of phenolic OH excluding ortho intramolecular Hbond substituents is 1. The van der Waals surface area contributed by atoms with Crippen molar-refractivity contribution in [3.05, 3.63) is 101 Å². The summed E-state index contributed by atoms with van der Waals surface area (Å²) in [5, 5.41) is 40.4. The number of carboxylic acid groups (broad SMARTS) is 1. The summed E-state index contributed by atoms with van der Waals surface area (Å²) in [6, 6.07) is 18.9. The first-order chi connectivity index (χ1) is 19.0. The fraction of sp³-hybridized carbons (Fsp3) is 0.100. The molecule has 0 atom stereocenters. The number of hydrogen-bond acceptors (Lipinski definition) is 5. The lowest BCUT2D eigenvalue weighted by Gasteiger charge is -2.11. The quantitative estimate of drug-likeness (QED) is 0.193. The molecule has 3 N–H and O–H groups in total. The van der Waals surface area contributed by atoms with E-state index < -0.39 is 23.6 Å². The van der Waals surface area contributed by atoms with Crippen LogP contribution in [-0.2, 0) is 6.18 Å². The minimum absolute atomic E-state index is 0.0163. The molecule has 10 heteroatoms. The minimum Gasteiger partial charge on any atom is -0.505 e. The second-order valence-electron chi connectivity index (χ2n) is 9.29. The molecule has 0 radical (unpaired) electrons. The van der Waals surface area contributed by atoms with Crippen LogP contribution in [0.25, 0.3) is 27.7 Å². The molecule has 0 bridgehead atoms. The second-order valence-corrected chi connectivity index (χ2v) is 9.29. The van der Waals surface area contributed by atoms with Crippen molar-refractivity contribution >= 4 is 28.2 Å². The van der Waals surface area contributed by atoms with E-state index in [0.29, 0.717) is 27.6 Å². The second kappa shape index (κ2) is 9.88. The zero-order chi connectivity index (χ0) is 28.8. The average molecular weight is 546 g/mol. The third-order valence-corrected chi connectivity index (χ3v) is 6.49. The Labute approximate surface area is 226 Å². The summed E-state index contributed by atoms with van der Waals surface area (Å²) in [5.74, 6) is -1.80. The van der Waals surface area contributed by atoms with E-state index in [4.69, 9.17) is 0 Å². The molecule has 0 amide bonds. The third kappa shape index (κ3) is 4.75. The largest absolute Gasteiger partial charge is 0.505 e. The molecule has 0 spiro atoms. The summed E-state index contributed by atoms with van der Waals surface area (Å²) in [5.41, 5.74) is 2.08. The van der Waals surface area contributed by atoms with Crippen molar-refractivity contribution < 1.29 is 33.3 Å². The molecule has 0 saturated carbocycles. The van der Waals surface area contributed by atoms with Crippen molar-refractivity contribution in [3.63, 3.8) is 0 Å². The van der Waals surface area contributed by atoms with E-state index in [1.807, 2.05) is 13.0 Å². The van der Waals surface area contributed by atoms with Crippen LogP contribution in [0.15, 0.2) is 89.1 Å². The van der Waals surface area contributed by atoms with Gasteiger partial charge in [0, 0.05) is 16.6 Å². The Morgan fingerprint density at radius 3 is 2.33 bits per heavy atom. The summed E-state index contributed by atoms with van der Waals surface area (Å²) in [6.45, 7) is 3.62. The molecule has 1 heterocycles. The van der Waals surface area contributed by atoms with Crippen LogP contribution in [0.4, 0.5) is 24.5 Å². The van der Waals surface area contributed by atoms with Crippen LogP contribution in [-0.4, -0.2) is 25.9 Å². The number of azo groups is 1. The molecule has 40 heavy (non-hydrogen) atoms. The average Bonchev–Trinajstić information content (AvgIpc) is 3.18. The monoisotopic (exact) mass is 545 g/mol. The summed E-state index contributed by atoms with van der Waals surface area (Å²) in [7, 11) is 0. The van der Waals surface area contributed by atoms with Crippen LogP contribution in [0, 0.1) is 13.8 Å². The first-order valence-electron chi connectivity index (χ1n) is 12.1. The number of carbonyl (C=O) groups is 1. The van der Waals surface area contributed by atoms with E-state index in [1.165, 1.54) is 34.9 Å². The number of benzene rings is 4. The molecule has 4 aromatic carbocycles. The van der Waals surface area contributed by atoms with Gasteiger partial charge in [0.15, 0.2) is 11.4 Å². The maximum atomic E-state index is 13.4. The summed E-state index contributed by atoms with van der Waals surface area (Å²) < 4.78 is 41.6. The van der Waals surface area contributed by atoms with Crippen LogP contribution in [0.2, 0.25) is 0 Å². The highest BCUT2D eigenvalue weighted by atomic mass is 19.4. The van der Waals surface area contributed by atoms with Gasteiger partial charge in [-0.15, -0.1) is 10.2 Å². The molecule has 0 aliphatic rings. The van der Waals surface area contributed by atoms with Crippen LogP contribution in [0.3, 0.4) is 0 Å². The van der Waals surface area contributed by atoms with Crippen molar-refractivity contribution in [1.29, 1.82) is 0 Å². The van der Waals surface area contributed by atoms with E-state index in [1.54, 1.807) is 37.3 Å². The number of fused-ring (bicyclic) bond motifs is 1. The van der Waals surface area contributed by atoms with Gasteiger partial charge in [0.1, 0.15) is 5.69 Å². The minimum atomic E-state index is -4.57. The van der Waals surface area contributed by atoms with Gasteiger partial charge in [-0.1, -0.05) is 36.4 Å². The first-order valence-corrected chi connectivity index (χ1v) is 12.1. The Hall–Kier alpha value is -5.12. The molecule has 0 saturated heterocycles. The van der Waals surface area contributed by atoms with Crippen molar-refractivity contribution in [2.75, 3.05) is 0 Å². The van der Waals surface area contributed by atoms with Crippen LogP contribution < -0.4 is 0 Å². The van der Waals surface area contributed by atoms with Gasteiger partial charge in [-0.05, 0) is 73.0 Å². The van der Waals surface area contributed by atoms with E-state index in [9.17, 15) is 33.3 Å². The standard InChI is InChI=1S/C30H22F3N3O4/c1-16-12-17(2)25-24(13-16)36(21-9-4-8-20(15-21)30(31,32)33)28(38)26(25)35-34-23-11-5-10-22(27(23)37)18-6-3-7-19(14-18)29(39)40/h3-15,37-38H,1-2H3,(H,39,40). The van der Waals surface area contributed by atoms with Crippen molar-refractivity contribution in [2.24, 2.45) is 10.2 Å². The smallest absolute Gasteiger partial charge is 0.416 e. The van der Waals surface area contributed by atoms with Gasteiger partial charge in [0.2, 0.25) is 5.88 Å². The number of halogens is 3. The van der Waals surface area contributed by atoms with Gasteiger partial charge in [-0.25, -0.2) is 4.79 Å². The number of rotatable bonds is 5. The predicted molar refractivity (Wildman–Crippen MR) is 144 cm³/mol. The van der Waals surface area contributed by atoms with Gasteiger partial charge >= 0.3 is 12.1 Å². The molecule has 7 nitrogen and oxygen atoms in total. The summed E-state index contributed by atoms with van der Waals surface area (Å²) >= 11 is 0. The van der Waals surface area contributed by atoms with Crippen LogP contribution in [0.5, 0.6) is 11.6 Å². The number of nitrogens with zero attached hydrogens (tertiary/aromatic N) is 3. The highest BCUT2D eigenvalue weighted by Crippen LogP contribution is 2.45.